The van der Waals surface area contributed by atoms with Crippen molar-refractivity contribution >= 4 is 0 Å². The number of hydrogen-bond donors (Lipinski definition) is 1. The number of unbranched alkanes of at least 4 members (excludes halogenated alkanes) is 1. The highest BCUT2D eigenvalue weighted by Gasteiger charge is 2.13. The zero-order valence-electron chi connectivity index (χ0n) is 11.3. The Labute approximate surface area is 105 Å². The van der Waals surface area contributed by atoms with Crippen LogP contribution in [-0.2, 0) is 6.42 Å². The zero-order valence-corrected chi connectivity index (χ0v) is 11.3. The van der Waals surface area contributed by atoms with E-state index in [-0.39, 0.29) is 6.04 Å². The Hall–Kier alpha value is -1.02. The molecule has 1 rings (SSSR count). The molecule has 96 valence electrons. The van der Waals surface area contributed by atoms with Gasteiger partial charge in [0.25, 0.3) is 0 Å². The number of nitrogens with two attached hydrogens (primary N) is 1. The molecule has 0 saturated carbocycles. The van der Waals surface area contributed by atoms with Crippen LogP contribution in [0.15, 0.2) is 24.3 Å². The maximum Gasteiger partial charge on any atom is 0.119 e. The van der Waals surface area contributed by atoms with Gasteiger partial charge < -0.3 is 10.5 Å². The Morgan fingerprint density at radius 2 is 2.12 bits per heavy atom. The molecule has 0 heterocycles. The lowest BCUT2D eigenvalue weighted by molar-refractivity contribution is 0.405. The molecule has 0 aliphatic carbocycles. The molecule has 17 heavy (non-hydrogen) atoms. The Balaban J connectivity index is 2.51. The number of methoxy groups -OCH3 is 1. The van der Waals surface area contributed by atoms with Gasteiger partial charge in [-0.25, -0.2) is 0 Å². The lowest BCUT2D eigenvalue weighted by Crippen LogP contribution is -2.30. The molecule has 2 atom stereocenters. The van der Waals surface area contributed by atoms with Crippen molar-refractivity contribution in [3.63, 3.8) is 0 Å². The third-order valence-electron chi connectivity index (χ3n) is 3.35. The average Bonchev–Trinajstić information content (AvgIpc) is 2.36. The van der Waals surface area contributed by atoms with Gasteiger partial charge >= 0.3 is 0 Å². The predicted octanol–water partition coefficient (Wildman–Crippen LogP) is 3.39. The highest BCUT2D eigenvalue weighted by atomic mass is 16.5. The summed E-state index contributed by atoms with van der Waals surface area (Å²) in [6.07, 6.45) is 4.67. The fraction of sp³-hybridized carbons (Fsp3) is 0.600. The second-order valence-electron chi connectivity index (χ2n) is 4.84. The van der Waals surface area contributed by atoms with E-state index in [1.54, 1.807) is 7.11 Å². The van der Waals surface area contributed by atoms with Gasteiger partial charge in [-0.05, 0) is 36.5 Å². The van der Waals surface area contributed by atoms with E-state index in [1.165, 1.54) is 24.8 Å². The smallest absolute Gasteiger partial charge is 0.119 e. The summed E-state index contributed by atoms with van der Waals surface area (Å²) in [5.41, 5.74) is 7.50. The van der Waals surface area contributed by atoms with Gasteiger partial charge in [0.2, 0.25) is 0 Å². The molecule has 2 heteroatoms. The molecule has 0 radical (unpaired) electrons. The van der Waals surface area contributed by atoms with Gasteiger partial charge in [0.15, 0.2) is 0 Å². The predicted molar refractivity (Wildman–Crippen MR) is 73.4 cm³/mol. The van der Waals surface area contributed by atoms with Crippen LogP contribution in [-0.4, -0.2) is 13.2 Å². The van der Waals surface area contributed by atoms with E-state index in [0.717, 1.165) is 12.2 Å². The summed E-state index contributed by atoms with van der Waals surface area (Å²) >= 11 is 0. The first-order valence-electron chi connectivity index (χ1n) is 6.55. The van der Waals surface area contributed by atoms with Gasteiger partial charge in [-0.15, -0.1) is 0 Å². The van der Waals surface area contributed by atoms with Gasteiger partial charge in [0.05, 0.1) is 7.11 Å². The fourth-order valence-electron chi connectivity index (χ4n) is 2.01. The number of benzene rings is 1. The van der Waals surface area contributed by atoms with E-state index < -0.39 is 0 Å². The summed E-state index contributed by atoms with van der Waals surface area (Å²) in [6.45, 7) is 4.47. The van der Waals surface area contributed by atoms with Crippen LogP contribution in [0, 0.1) is 5.92 Å². The fourth-order valence-corrected chi connectivity index (χ4v) is 2.01. The van der Waals surface area contributed by atoms with Crippen LogP contribution in [0.3, 0.4) is 0 Å². The van der Waals surface area contributed by atoms with Crippen molar-refractivity contribution in [2.45, 2.75) is 45.6 Å². The first kappa shape index (κ1) is 14.0. The third kappa shape index (κ3) is 4.78. The Morgan fingerprint density at radius 3 is 2.76 bits per heavy atom. The number of hydrogen-bond acceptors (Lipinski definition) is 2. The van der Waals surface area contributed by atoms with Crippen molar-refractivity contribution in [1.29, 1.82) is 0 Å². The minimum Gasteiger partial charge on any atom is -0.497 e. The second kappa shape index (κ2) is 7.33. The van der Waals surface area contributed by atoms with E-state index in [4.69, 9.17) is 10.5 Å². The molecule has 1 aromatic rings. The lowest BCUT2D eigenvalue weighted by atomic mass is 9.91. The molecule has 2 unspecified atom stereocenters. The largest absolute Gasteiger partial charge is 0.497 e. The molecule has 0 fully saturated rings. The molecule has 0 amide bonds. The molecule has 0 spiro atoms. The summed E-state index contributed by atoms with van der Waals surface area (Å²) in [6, 6.07) is 8.43. The minimum absolute atomic E-state index is 0.244. The van der Waals surface area contributed by atoms with E-state index in [1.807, 2.05) is 12.1 Å². The second-order valence-corrected chi connectivity index (χ2v) is 4.84. The first-order chi connectivity index (χ1) is 8.17. The van der Waals surface area contributed by atoms with Crippen LogP contribution in [0.25, 0.3) is 0 Å². The van der Waals surface area contributed by atoms with Crippen LogP contribution in [0.5, 0.6) is 5.75 Å². The third-order valence-corrected chi connectivity index (χ3v) is 3.35. The monoisotopic (exact) mass is 235 g/mol. The van der Waals surface area contributed by atoms with Crippen LogP contribution >= 0.6 is 0 Å². The van der Waals surface area contributed by atoms with Crippen molar-refractivity contribution in [3.8, 4) is 5.75 Å². The number of ether oxygens (including phenoxy) is 1. The summed E-state index contributed by atoms with van der Waals surface area (Å²) < 4.78 is 5.22. The molecule has 0 saturated heterocycles. The topological polar surface area (TPSA) is 35.2 Å². The van der Waals surface area contributed by atoms with Gasteiger partial charge in [-0.2, -0.15) is 0 Å². The molecule has 0 bridgehead atoms. The highest BCUT2D eigenvalue weighted by molar-refractivity contribution is 5.28. The molecule has 0 aliphatic rings. The van der Waals surface area contributed by atoms with Crippen molar-refractivity contribution in [2.75, 3.05) is 7.11 Å². The van der Waals surface area contributed by atoms with E-state index in [2.05, 4.69) is 26.0 Å². The van der Waals surface area contributed by atoms with Gasteiger partial charge in [-0.3, -0.25) is 0 Å². The Bertz CT molecular complexity index is 324. The van der Waals surface area contributed by atoms with Crippen LogP contribution in [0.2, 0.25) is 0 Å². The lowest BCUT2D eigenvalue weighted by Gasteiger charge is -2.20. The summed E-state index contributed by atoms with van der Waals surface area (Å²) in [5.74, 6) is 1.50. The van der Waals surface area contributed by atoms with E-state index >= 15 is 0 Å². The van der Waals surface area contributed by atoms with Crippen molar-refractivity contribution in [3.05, 3.63) is 29.8 Å². The highest BCUT2D eigenvalue weighted by Crippen LogP contribution is 2.18. The quantitative estimate of drug-likeness (QED) is 0.786. The molecule has 0 aliphatic heterocycles. The molecular formula is C15H25NO. The summed E-state index contributed by atoms with van der Waals surface area (Å²) in [7, 11) is 1.70. The molecule has 1 aromatic carbocycles. The van der Waals surface area contributed by atoms with Gasteiger partial charge in [0.1, 0.15) is 5.75 Å². The number of rotatable bonds is 7. The first-order valence-corrected chi connectivity index (χ1v) is 6.55. The Morgan fingerprint density at radius 1 is 1.35 bits per heavy atom. The summed E-state index contributed by atoms with van der Waals surface area (Å²) in [4.78, 5) is 0. The standard InChI is InChI=1S/C15H25NO/c1-4-5-7-12(2)15(16)11-13-8-6-9-14(10-13)17-3/h6,8-10,12,15H,4-5,7,11,16H2,1-3H3. The molecular weight excluding hydrogens is 210 g/mol. The Kier molecular flexibility index (Phi) is 6.06. The SMILES string of the molecule is CCCCC(C)C(N)Cc1cccc(OC)c1. The molecule has 2 N–H and O–H groups in total. The zero-order chi connectivity index (χ0) is 12.7. The molecule has 2 nitrogen and oxygen atoms in total. The molecule has 0 aromatic heterocycles. The normalized spacial score (nSPS) is 14.4. The maximum atomic E-state index is 6.24. The van der Waals surface area contributed by atoms with Crippen molar-refractivity contribution in [1.82, 2.24) is 0 Å². The van der Waals surface area contributed by atoms with Gasteiger partial charge in [-0.1, -0.05) is 38.8 Å². The van der Waals surface area contributed by atoms with Crippen LogP contribution < -0.4 is 10.5 Å². The van der Waals surface area contributed by atoms with Crippen molar-refractivity contribution in [2.24, 2.45) is 11.7 Å². The average molecular weight is 235 g/mol. The van der Waals surface area contributed by atoms with E-state index in [0.29, 0.717) is 5.92 Å². The van der Waals surface area contributed by atoms with Crippen LogP contribution in [0.4, 0.5) is 0 Å². The maximum absolute atomic E-state index is 6.24. The van der Waals surface area contributed by atoms with Gasteiger partial charge in [0, 0.05) is 6.04 Å². The van der Waals surface area contributed by atoms with E-state index in [9.17, 15) is 0 Å². The van der Waals surface area contributed by atoms with Crippen LogP contribution in [0.1, 0.15) is 38.7 Å². The summed E-state index contributed by atoms with van der Waals surface area (Å²) in [5, 5.41) is 0. The minimum atomic E-state index is 0.244. The van der Waals surface area contributed by atoms with Crippen molar-refractivity contribution < 1.29 is 4.74 Å².